The van der Waals surface area contributed by atoms with Gasteiger partial charge < -0.3 is 0 Å². The molecule has 0 aliphatic heterocycles. The van der Waals surface area contributed by atoms with Crippen LogP contribution in [0.4, 0.5) is 0 Å². The van der Waals surface area contributed by atoms with E-state index in [1.807, 2.05) is 0 Å². The molecule has 0 N–H and O–H groups in total. The second-order valence-corrected chi connectivity index (χ2v) is 7.98. The Morgan fingerprint density at radius 2 is 1.10 bits per heavy atom. The lowest BCUT2D eigenvalue weighted by Crippen LogP contribution is -2.05. The summed E-state index contributed by atoms with van der Waals surface area (Å²) >= 11 is 35.5. The molecule has 9 heteroatoms. The molecule has 0 spiro atoms. The van der Waals surface area contributed by atoms with Gasteiger partial charge in [-0.1, -0.05) is 81.7 Å². The van der Waals surface area contributed by atoms with Crippen molar-refractivity contribution in [3.8, 4) is 0 Å². The summed E-state index contributed by atoms with van der Waals surface area (Å²) in [6.45, 7) is 0. The summed E-state index contributed by atoms with van der Waals surface area (Å²) < 4.78 is 25.4. The summed E-state index contributed by atoms with van der Waals surface area (Å²) in [7, 11) is -4.12. The average molecular weight is 425 g/mol. The molecule has 0 aliphatic carbocycles. The van der Waals surface area contributed by atoms with Crippen LogP contribution in [0, 0.1) is 0 Å². The Kier molecular flexibility index (Phi) is 5.27. The molecule has 0 amide bonds. The van der Waals surface area contributed by atoms with E-state index >= 15 is 0 Å². The second-order valence-electron chi connectivity index (χ2n) is 3.83. The molecule has 2 rings (SSSR count). The number of hydrogen-bond donors (Lipinski definition) is 0. The first-order chi connectivity index (χ1) is 9.69. The van der Waals surface area contributed by atoms with Crippen molar-refractivity contribution in [2.45, 2.75) is 9.79 Å². The van der Waals surface area contributed by atoms with Crippen molar-refractivity contribution >= 4 is 79.4 Å². The van der Waals surface area contributed by atoms with Gasteiger partial charge in [-0.25, -0.2) is 8.42 Å². The smallest absolute Gasteiger partial charge is 0.211 e. The molecule has 21 heavy (non-hydrogen) atoms. The minimum Gasteiger partial charge on any atom is -0.218 e. The zero-order valence-electron chi connectivity index (χ0n) is 9.80. The number of halogens is 6. The summed E-state index contributed by atoms with van der Waals surface area (Å²) in [5, 5.41) is -1.11. The fourth-order valence-corrected chi connectivity index (χ4v) is 5.37. The fourth-order valence-electron chi connectivity index (χ4n) is 1.59. The Bertz CT molecular complexity index is 803. The molecule has 2 nitrogen and oxygen atoms in total. The predicted octanol–water partition coefficient (Wildman–Crippen LogP) is 6.44. The van der Waals surface area contributed by atoms with Gasteiger partial charge in [-0.2, -0.15) is 0 Å². The van der Waals surface area contributed by atoms with E-state index in [1.165, 1.54) is 18.2 Å². The molecule has 0 unspecified atom stereocenters. The fraction of sp³-hybridized carbons (Fsp3) is 0. The van der Waals surface area contributed by atoms with E-state index in [0.29, 0.717) is 0 Å². The van der Waals surface area contributed by atoms with Crippen LogP contribution in [0.25, 0.3) is 0 Å². The van der Waals surface area contributed by atoms with E-state index in [4.69, 9.17) is 69.6 Å². The topological polar surface area (TPSA) is 34.1 Å². The molecule has 0 fully saturated rings. The van der Waals surface area contributed by atoms with Gasteiger partial charge in [0.25, 0.3) is 0 Å². The average Bonchev–Trinajstić information content (AvgIpc) is 2.43. The van der Waals surface area contributed by atoms with E-state index < -0.39 is 14.7 Å². The molecule has 0 saturated heterocycles. The minimum atomic E-state index is -4.12. The lowest BCUT2D eigenvalue weighted by atomic mass is 10.3. The van der Waals surface area contributed by atoms with Gasteiger partial charge in [0.1, 0.15) is 4.90 Å². The van der Waals surface area contributed by atoms with Crippen LogP contribution < -0.4 is 0 Å². The minimum absolute atomic E-state index is 0.0202. The lowest BCUT2D eigenvalue weighted by molar-refractivity contribution is 0.596. The third kappa shape index (κ3) is 2.98. The summed E-state index contributed by atoms with van der Waals surface area (Å²) in [6.07, 6.45) is 0. The lowest BCUT2D eigenvalue weighted by Gasteiger charge is -2.13. The Labute approximate surface area is 151 Å². The first kappa shape index (κ1) is 17.5. The zero-order chi connectivity index (χ0) is 15.9. The standard InChI is InChI=1S/C12H4Cl6O2S/c13-5-3-1-2-4-6(5)21(19,20)12-10(17)8(15)7(14)9(16)11(12)18/h1-4H. The second kappa shape index (κ2) is 6.32. The maximum atomic E-state index is 12.7. The maximum absolute atomic E-state index is 12.7. The van der Waals surface area contributed by atoms with Gasteiger partial charge in [-0.15, -0.1) is 0 Å². The largest absolute Gasteiger partial charge is 0.218 e. The van der Waals surface area contributed by atoms with Crippen LogP contribution in [0.2, 0.25) is 30.1 Å². The van der Waals surface area contributed by atoms with Crippen molar-refractivity contribution in [2.24, 2.45) is 0 Å². The van der Waals surface area contributed by atoms with E-state index in [-0.39, 0.29) is 35.0 Å². The summed E-state index contributed by atoms with van der Waals surface area (Å²) in [5.74, 6) is 0. The highest BCUT2D eigenvalue weighted by Crippen LogP contribution is 2.47. The molecule has 0 heterocycles. The van der Waals surface area contributed by atoms with Gasteiger partial charge in [0.15, 0.2) is 0 Å². The van der Waals surface area contributed by atoms with Crippen molar-refractivity contribution in [1.29, 1.82) is 0 Å². The molecule has 0 radical (unpaired) electrons. The van der Waals surface area contributed by atoms with E-state index in [1.54, 1.807) is 6.07 Å². The predicted molar refractivity (Wildman–Crippen MR) is 88.4 cm³/mol. The maximum Gasteiger partial charge on any atom is 0.211 e. The van der Waals surface area contributed by atoms with Crippen molar-refractivity contribution in [3.05, 3.63) is 54.4 Å². The van der Waals surface area contributed by atoms with Crippen LogP contribution in [0.5, 0.6) is 0 Å². The Morgan fingerprint density at radius 1 is 0.667 bits per heavy atom. The molecule has 0 bridgehead atoms. The highest BCUT2D eigenvalue weighted by Gasteiger charge is 2.31. The van der Waals surface area contributed by atoms with Crippen LogP contribution in [-0.4, -0.2) is 8.42 Å². The van der Waals surface area contributed by atoms with Crippen molar-refractivity contribution in [2.75, 3.05) is 0 Å². The molecule has 2 aromatic carbocycles. The molecule has 0 atom stereocenters. The van der Waals surface area contributed by atoms with Gasteiger partial charge >= 0.3 is 0 Å². The molecular formula is C12H4Cl6O2S. The monoisotopic (exact) mass is 422 g/mol. The van der Waals surface area contributed by atoms with E-state index in [9.17, 15) is 8.42 Å². The van der Waals surface area contributed by atoms with Crippen molar-refractivity contribution < 1.29 is 8.42 Å². The van der Waals surface area contributed by atoms with Gasteiger partial charge in [-0.05, 0) is 12.1 Å². The molecule has 0 aliphatic rings. The molecule has 112 valence electrons. The Morgan fingerprint density at radius 3 is 1.57 bits per heavy atom. The first-order valence-corrected chi connectivity index (χ1v) is 8.95. The number of hydrogen-bond acceptors (Lipinski definition) is 2. The summed E-state index contributed by atoms with van der Waals surface area (Å²) in [5.41, 5.74) is 0. The highest BCUT2D eigenvalue weighted by atomic mass is 35.5. The van der Waals surface area contributed by atoms with E-state index in [0.717, 1.165) is 0 Å². The van der Waals surface area contributed by atoms with Crippen LogP contribution >= 0.6 is 69.6 Å². The van der Waals surface area contributed by atoms with Gasteiger partial charge in [0, 0.05) is 0 Å². The van der Waals surface area contributed by atoms with Crippen LogP contribution in [0.3, 0.4) is 0 Å². The van der Waals surface area contributed by atoms with Crippen LogP contribution in [0.15, 0.2) is 34.1 Å². The van der Waals surface area contributed by atoms with Gasteiger partial charge in [0.05, 0.1) is 35.0 Å². The van der Waals surface area contributed by atoms with Gasteiger partial charge in [0.2, 0.25) is 9.84 Å². The van der Waals surface area contributed by atoms with Crippen molar-refractivity contribution in [3.63, 3.8) is 0 Å². The first-order valence-electron chi connectivity index (χ1n) is 5.20. The molecule has 0 aromatic heterocycles. The Hall–Kier alpha value is 0.130. The highest BCUT2D eigenvalue weighted by molar-refractivity contribution is 7.91. The summed E-state index contributed by atoms with van der Waals surface area (Å²) in [4.78, 5) is -0.594. The zero-order valence-corrected chi connectivity index (χ0v) is 15.2. The normalized spacial score (nSPS) is 11.7. The quantitative estimate of drug-likeness (QED) is 0.410. The molecule has 0 saturated carbocycles. The SMILES string of the molecule is O=S(=O)(c1ccccc1Cl)c1c(Cl)c(Cl)c(Cl)c(Cl)c1Cl. The van der Waals surface area contributed by atoms with Crippen molar-refractivity contribution in [1.82, 2.24) is 0 Å². The summed E-state index contributed by atoms with van der Waals surface area (Å²) in [6, 6.07) is 5.85. The Balaban J connectivity index is 2.88. The number of sulfone groups is 1. The van der Waals surface area contributed by atoms with E-state index in [2.05, 4.69) is 0 Å². The van der Waals surface area contributed by atoms with Crippen LogP contribution in [0.1, 0.15) is 0 Å². The third-order valence-electron chi connectivity index (χ3n) is 2.56. The number of benzene rings is 2. The molecular weight excluding hydrogens is 421 g/mol. The van der Waals surface area contributed by atoms with Crippen LogP contribution in [-0.2, 0) is 9.84 Å². The van der Waals surface area contributed by atoms with Gasteiger partial charge in [-0.3, -0.25) is 0 Å². The number of rotatable bonds is 2. The molecule has 2 aromatic rings. The third-order valence-corrected chi connectivity index (χ3v) is 7.39.